The Balaban J connectivity index is 1.91. The van der Waals surface area contributed by atoms with Gasteiger partial charge in [-0.2, -0.15) is 5.26 Å². The zero-order chi connectivity index (χ0) is 12.6. The van der Waals surface area contributed by atoms with E-state index in [0.717, 1.165) is 44.3 Å². The predicted octanol–water partition coefficient (Wildman–Crippen LogP) is 3.81. The lowest BCUT2D eigenvalue weighted by Crippen LogP contribution is -2.43. The fourth-order valence-electron chi connectivity index (χ4n) is 3.74. The summed E-state index contributed by atoms with van der Waals surface area (Å²) in [6.07, 6.45) is 6.69. The maximum Gasteiger partial charge on any atom is 0.119 e. The highest BCUT2D eigenvalue weighted by atomic mass is 16.5. The van der Waals surface area contributed by atoms with Crippen molar-refractivity contribution < 1.29 is 4.74 Å². The molecular weight excluding hydrogens is 222 g/mol. The van der Waals surface area contributed by atoms with Gasteiger partial charge in [-0.05, 0) is 61.6 Å². The second-order valence-electron chi connectivity index (χ2n) is 5.90. The van der Waals surface area contributed by atoms with E-state index in [2.05, 4.69) is 24.3 Å². The number of fused-ring (bicyclic) bond motifs is 3. The predicted molar refractivity (Wildman–Crippen MR) is 70.4 cm³/mol. The Morgan fingerprint density at radius 2 is 1.78 bits per heavy atom. The molecule has 2 heteroatoms. The van der Waals surface area contributed by atoms with Gasteiger partial charge in [0, 0.05) is 0 Å². The van der Waals surface area contributed by atoms with Gasteiger partial charge >= 0.3 is 0 Å². The molecule has 3 aliphatic rings. The number of methoxy groups -OCH3 is 1. The molecule has 0 N–H and O–H groups in total. The van der Waals surface area contributed by atoms with Crippen LogP contribution in [0.2, 0.25) is 0 Å². The molecule has 0 atom stereocenters. The first-order valence-corrected chi connectivity index (χ1v) is 6.78. The van der Waals surface area contributed by atoms with Crippen LogP contribution in [-0.4, -0.2) is 7.11 Å². The van der Waals surface area contributed by atoms with Gasteiger partial charge in [0.2, 0.25) is 0 Å². The van der Waals surface area contributed by atoms with Crippen LogP contribution >= 0.6 is 0 Å². The molecule has 1 aromatic rings. The molecule has 3 aliphatic carbocycles. The maximum atomic E-state index is 9.33. The van der Waals surface area contributed by atoms with Crippen LogP contribution in [0.15, 0.2) is 24.3 Å². The maximum absolute atomic E-state index is 9.33. The average molecular weight is 241 g/mol. The Morgan fingerprint density at radius 3 is 2.33 bits per heavy atom. The molecule has 2 bridgehead atoms. The Labute approximate surface area is 109 Å². The number of nitriles is 1. The summed E-state index contributed by atoms with van der Waals surface area (Å²) >= 11 is 0. The van der Waals surface area contributed by atoms with E-state index in [1.807, 2.05) is 6.07 Å². The second kappa shape index (κ2) is 4.02. The molecule has 0 aliphatic heterocycles. The normalized spacial score (nSPS) is 34.0. The number of rotatable bonds is 2. The summed E-state index contributed by atoms with van der Waals surface area (Å²) in [5, 5.41) is 9.33. The van der Waals surface area contributed by atoms with Crippen molar-refractivity contribution in [3.8, 4) is 11.8 Å². The van der Waals surface area contributed by atoms with Gasteiger partial charge < -0.3 is 4.74 Å². The Morgan fingerprint density at radius 1 is 1.11 bits per heavy atom. The molecule has 3 fully saturated rings. The van der Waals surface area contributed by atoms with Crippen molar-refractivity contribution >= 4 is 0 Å². The average Bonchev–Trinajstić information content (AvgIpc) is 2.49. The van der Waals surface area contributed by atoms with Gasteiger partial charge in [-0.1, -0.05) is 12.1 Å². The summed E-state index contributed by atoms with van der Waals surface area (Å²) < 4.78 is 5.34. The highest BCUT2D eigenvalue weighted by Gasteiger charge is 2.49. The number of nitrogens with zero attached hydrogens (tertiary/aromatic N) is 1. The van der Waals surface area contributed by atoms with E-state index in [0.29, 0.717) is 5.41 Å². The van der Waals surface area contributed by atoms with Crippen LogP contribution in [0, 0.1) is 16.7 Å². The van der Waals surface area contributed by atoms with E-state index in [-0.39, 0.29) is 5.41 Å². The standard InChI is InChI=1S/C16H19NO/c1-18-14-4-2-3-13(11-14)16-8-5-15(12-17,6-9-16)7-10-16/h2-4,11H,5-10H2,1H3. The van der Waals surface area contributed by atoms with Crippen molar-refractivity contribution in [3.63, 3.8) is 0 Å². The van der Waals surface area contributed by atoms with E-state index in [1.165, 1.54) is 5.56 Å². The van der Waals surface area contributed by atoms with Crippen LogP contribution < -0.4 is 4.74 Å². The molecule has 0 aromatic heterocycles. The van der Waals surface area contributed by atoms with Crippen LogP contribution in [0.1, 0.15) is 44.1 Å². The summed E-state index contributed by atoms with van der Waals surface area (Å²) in [5.74, 6) is 0.949. The van der Waals surface area contributed by atoms with Crippen LogP contribution in [-0.2, 0) is 5.41 Å². The first kappa shape index (κ1) is 11.6. The number of ether oxygens (including phenoxy) is 1. The fraction of sp³-hybridized carbons (Fsp3) is 0.562. The third-order valence-corrected chi connectivity index (χ3v) is 5.17. The van der Waals surface area contributed by atoms with Gasteiger partial charge in [-0.25, -0.2) is 0 Å². The van der Waals surface area contributed by atoms with Crippen molar-refractivity contribution in [2.24, 2.45) is 5.41 Å². The van der Waals surface area contributed by atoms with E-state index < -0.39 is 0 Å². The van der Waals surface area contributed by atoms with Crippen LogP contribution in [0.5, 0.6) is 5.75 Å². The SMILES string of the molecule is COc1cccc(C23CCC(C#N)(CC2)CC3)c1. The minimum absolute atomic E-state index is 0.000612. The first-order chi connectivity index (χ1) is 8.72. The minimum Gasteiger partial charge on any atom is -0.497 e. The molecule has 4 rings (SSSR count). The summed E-state index contributed by atoms with van der Waals surface area (Å²) in [7, 11) is 1.72. The number of hydrogen-bond acceptors (Lipinski definition) is 2. The Bertz CT molecular complexity index is 476. The Kier molecular flexibility index (Phi) is 2.59. The molecule has 0 spiro atoms. The monoisotopic (exact) mass is 241 g/mol. The molecule has 0 radical (unpaired) electrons. The summed E-state index contributed by atoms with van der Waals surface area (Å²) in [4.78, 5) is 0. The summed E-state index contributed by atoms with van der Waals surface area (Å²) in [5.41, 5.74) is 1.72. The molecular formula is C16H19NO. The van der Waals surface area contributed by atoms with Crippen molar-refractivity contribution in [2.75, 3.05) is 7.11 Å². The first-order valence-electron chi connectivity index (χ1n) is 6.78. The summed E-state index contributed by atoms with van der Waals surface area (Å²) in [6, 6.07) is 11.1. The molecule has 0 saturated heterocycles. The lowest BCUT2D eigenvalue weighted by Gasteiger charge is -2.50. The van der Waals surface area contributed by atoms with Gasteiger partial charge in [0.25, 0.3) is 0 Å². The number of benzene rings is 1. The largest absolute Gasteiger partial charge is 0.497 e. The molecule has 3 saturated carbocycles. The molecule has 94 valence electrons. The third kappa shape index (κ3) is 1.61. The molecule has 0 heterocycles. The van der Waals surface area contributed by atoms with Crippen LogP contribution in [0.4, 0.5) is 0 Å². The van der Waals surface area contributed by atoms with Crippen molar-refractivity contribution in [1.29, 1.82) is 5.26 Å². The van der Waals surface area contributed by atoms with E-state index in [9.17, 15) is 5.26 Å². The highest BCUT2D eigenvalue weighted by Crippen LogP contribution is 2.57. The van der Waals surface area contributed by atoms with Gasteiger partial charge in [0.15, 0.2) is 0 Å². The van der Waals surface area contributed by atoms with Crippen molar-refractivity contribution in [3.05, 3.63) is 29.8 Å². The van der Waals surface area contributed by atoms with E-state index >= 15 is 0 Å². The third-order valence-electron chi connectivity index (χ3n) is 5.17. The van der Waals surface area contributed by atoms with Gasteiger partial charge in [0.1, 0.15) is 5.75 Å². The lowest BCUT2D eigenvalue weighted by molar-refractivity contribution is 0.0847. The summed E-state index contributed by atoms with van der Waals surface area (Å²) in [6.45, 7) is 0. The second-order valence-corrected chi connectivity index (χ2v) is 5.90. The number of hydrogen-bond donors (Lipinski definition) is 0. The topological polar surface area (TPSA) is 33.0 Å². The van der Waals surface area contributed by atoms with E-state index in [1.54, 1.807) is 7.11 Å². The lowest BCUT2D eigenvalue weighted by atomic mass is 9.52. The van der Waals surface area contributed by atoms with E-state index in [4.69, 9.17) is 4.74 Å². The molecule has 18 heavy (non-hydrogen) atoms. The molecule has 1 aromatic carbocycles. The molecule has 0 amide bonds. The van der Waals surface area contributed by atoms with Gasteiger partial charge in [0.05, 0.1) is 18.6 Å². The zero-order valence-corrected chi connectivity index (χ0v) is 10.9. The van der Waals surface area contributed by atoms with Gasteiger partial charge in [-0.3, -0.25) is 0 Å². The molecule has 0 unspecified atom stereocenters. The fourth-order valence-corrected chi connectivity index (χ4v) is 3.74. The quantitative estimate of drug-likeness (QED) is 0.788. The van der Waals surface area contributed by atoms with Gasteiger partial charge in [-0.15, -0.1) is 0 Å². The van der Waals surface area contributed by atoms with Crippen LogP contribution in [0.25, 0.3) is 0 Å². The minimum atomic E-state index is 0.000612. The van der Waals surface area contributed by atoms with Crippen molar-refractivity contribution in [2.45, 2.75) is 43.9 Å². The highest BCUT2D eigenvalue weighted by molar-refractivity contribution is 5.36. The van der Waals surface area contributed by atoms with Crippen LogP contribution in [0.3, 0.4) is 0 Å². The van der Waals surface area contributed by atoms with Crippen molar-refractivity contribution in [1.82, 2.24) is 0 Å². The smallest absolute Gasteiger partial charge is 0.119 e. The molecule has 2 nitrogen and oxygen atoms in total. The zero-order valence-electron chi connectivity index (χ0n) is 10.9. The Hall–Kier alpha value is -1.49.